The van der Waals surface area contributed by atoms with E-state index in [-0.39, 0.29) is 17.0 Å². The molecule has 0 aliphatic heterocycles. The summed E-state index contributed by atoms with van der Waals surface area (Å²) in [6.45, 7) is 0.994. The zero-order chi connectivity index (χ0) is 10.8. The van der Waals surface area contributed by atoms with Gasteiger partial charge < -0.3 is 17.0 Å². The Hall–Kier alpha value is -1.15. The van der Waals surface area contributed by atoms with E-state index in [2.05, 4.69) is 59.3 Å². The van der Waals surface area contributed by atoms with Crippen LogP contribution >= 0.6 is 0 Å². The zero-order valence-corrected chi connectivity index (χ0v) is 11.3. The highest BCUT2D eigenvalue weighted by Gasteiger charge is 2.31. The number of benzene rings is 1. The average molecular weight is 290 g/mol. The Labute approximate surface area is 113 Å². The van der Waals surface area contributed by atoms with E-state index in [0.717, 1.165) is 12.5 Å². The highest BCUT2D eigenvalue weighted by molar-refractivity contribution is 5.14. The van der Waals surface area contributed by atoms with Crippen LogP contribution in [0.2, 0.25) is 0 Å². The van der Waals surface area contributed by atoms with E-state index < -0.39 is 0 Å². The Kier molecular flexibility index (Phi) is 3.95. The maximum Gasteiger partial charge on any atom is 0.184 e. The van der Waals surface area contributed by atoms with Gasteiger partial charge in [-0.2, -0.15) is 4.57 Å². The number of hydrogen-bond acceptors (Lipinski definition) is 0. The normalized spacial score (nSPS) is 14.1. The summed E-state index contributed by atoms with van der Waals surface area (Å²) in [5, 5.41) is 0. The van der Waals surface area contributed by atoms with Gasteiger partial charge in [-0.15, -0.1) is 0 Å². The first kappa shape index (κ1) is 12.3. The van der Waals surface area contributed by atoms with Gasteiger partial charge in [0.2, 0.25) is 0 Å². The van der Waals surface area contributed by atoms with Crippen LogP contribution in [0.1, 0.15) is 30.0 Å². The van der Waals surface area contributed by atoms with Gasteiger partial charge in [-0.05, 0) is 12.8 Å². The summed E-state index contributed by atoms with van der Waals surface area (Å²) in [4.78, 5) is 0. The van der Waals surface area contributed by atoms with Gasteiger partial charge in [-0.1, -0.05) is 36.4 Å². The summed E-state index contributed by atoms with van der Waals surface area (Å²) in [5.74, 6) is 0.810. The van der Waals surface area contributed by atoms with E-state index in [9.17, 15) is 0 Å². The van der Waals surface area contributed by atoms with E-state index in [4.69, 9.17) is 0 Å². The summed E-state index contributed by atoms with van der Waals surface area (Å²) in [7, 11) is 0. The zero-order valence-electron chi connectivity index (χ0n) is 9.72. The first-order valence-corrected chi connectivity index (χ1v) is 5.96. The minimum atomic E-state index is 0. The second-order valence-corrected chi connectivity index (χ2v) is 4.51. The fourth-order valence-electron chi connectivity index (χ4n) is 2.16. The second-order valence-electron chi connectivity index (χ2n) is 4.51. The molecule has 1 aromatic heterocycles. The van der Waals surface area contributed by atoms with E-state index in [1.54, 1.807) is 0 Å². The molecule has 88 valence electrons. The summed E-state index contributed by atoms with van der Waals surface area (Å²) in [6.07, 6.45) is 4.91. The third kappa shape index (κ3) is 2.95. The molecular weight excluding hydrogens is 274 g/mol. The summed E-state index contributed by atoms with van der Waals surface area (Å²) in [5.41, 5.74) is 2.87. The predicted octanol–water partition coefficient (Wildman–Crippen LogP) is -0.0962. The van der Waals surface area contributed by atoms with Crippen molar-refractivity contribution >= 4 is 0 Å². The van der Waals surface area contributed by atoms with Crippen LogP contribution in [0, 0.1) is 0 Å². The lowest BCUT2D eigenvalue weighted by atomic mass is 10.2. The van der Waals surface area contributed by atoms with Crippen LogP contribution in [-0.2, 0) is 6.54 Å². The van der Waals surface area contributed by atoms with Gasteiger partial charge in [-0.25, -0.2) is 0 Å². The first-order valence-electron chi connectivity index (χ1n) is 5.96. The van der Waals surface area contributed by atoms with Crippen molar-refractivity contribution in [3.63, 3.8) is 0 Å². The van der Waals surface area contributed by atoms with Crippen LogP contribution < -0.4 is 21.5 Å². The van der Waals surface area contributed by atoms with Crippen molar-refractivity contribution in [1.82, 2.24) is 0 Å². The van der Waals surface area contributed by atoms with Crippen molar-refractivity contribution in [2.24, 2.45) is 0 Å². The van der Waals surface area contributed by atoms with Gasteiger partial charge in [0.05, 0.1) is 0 Å². The Morgan fingerprint density at radius 2 is 1.65 bits per heavy atom. The smallest absolute Gasteiger partial charge is 0.184 e. The number of pyridine rings is 1. The molecule has 1 saturated carbocycles. The van der Waals surface area contributed by atoms with Crippen molar-refractivity contribution in [2.75, 3.05) is 0 Å². The molecule has 0 radical (unpaired) electrons. The Morgan fingerprint density at radius 1 is 0.941 bits per heavy atom. The monoisotopic (exact) mass is 289 g/mol. The summed E-state index contributed by atoms with van der Waals surface area (Å²) < 4.78 is 2.38. The molecular formula is C15H16BrN. The van der Waals surface area contributed by atoms with Crippen LogP contribution in [-0.4, -0.2) is 0 Å². The molecule has 0 bridgehead atoms. The molecule has 1 nitrogen and oxygen atoms in total. The van der Waals surface area contributed by atoms with E-state index in [1.165, 1.54) is 24.1 Å². The molecule has 2 heteroatoms. The van der Waals surface area contributed by atoms with Crippen molar-refractivity contribution in [1.29, 1.82) is 0 Å². The molecule has 0 saturated heterocycles. The van der Waals surface area contributed by atoms with Gasteiger partial charge >= 0.3 is 0 Å². The van der Waals surface area contributed by atoms with E-state index in [0.29, 0.717) is 0 Å². The third-order valence-corrected chi connectivity index (χ3v) is 3.17. The number of halogens is 1. The van der Waals surface area contributed by atoms with Crippen LogP contribution in [0.3, 0.4) is 0 Å². The maximum atomic E-state index is 2.38. The number of nitrogens with zero attached hydrogens (tertiary/aromatic N) is 1. The fraction of sp³-hybridized carbons (Fsp3) is 0.267. The Bertz CT molecular complexity index is 477. The molecule has 17 heavy (non-hydrogen) atoms. The highest BCUT2D eigenvalue weighted by atomic mass is 79.9. The molecule has 3 rings (SSSR count). The van der Waals surface area contributed by atoms with Crippen LogP contribution in [0.15, 0.2) is 54.7 Å². The minimum absolute atomic E-state index is 0. The SMILES string of the molecule is [Br-].c1ccc(C[n+]2ccccc2C2CC2)cc1. The summed E-state index contributed by atoms with van der Waals surface area (Å²) >= 11 is 0. The number of hydrogen-bond donors (Lipinski definition) is 0. The molecule has 1 aliphatic carbocycles. The molecule has 2 aromatic rings. The number of aromatic nitrogens is 1. The lowest BCUT2D eigenvalue weighted by molar-refractivity contribution is -0.696. The lowest BCUT2D eigenvalue weighted by Gasteiger charge is -2.02. The van der Waals surface area contributed by atoms with Crippen molar-refractivity contribution in [3.05, 3.63) is 66.0 Å². The molecule has 1 heterocycles. The van der Waals surface area contributed by atoms with Crippen molar-refractivity contribution < 1.29 is 21.5 Å². The largest absolute Gasteiger partial charge is 1.00 e. The second kappa shape index (κ2) is 5.46. The van der Waals surface area contributed by atoms with Gasteiger partial charge in [0, 0.05) is 23.6 Å². The maximum absolute atomic E-state index is 2.38. The minimum Gasteiger partial charge on any atom is -1.00 e. The van der Waals surface area contributed by atoms with Crippen molar-refractivity contribution in [3.8, 4) is 0 Å². The average Bonchev–Trinajstić information content (AvgIpc) is 3.15. The standard InChI is InChI=1S/C15H16N.BrH/c1-2-6-13(7-3-1)12-16-11-5-4-8-15(16)14-9-10-14;/h1-8,11,14H,9-10,12H2;1H/q+1;/p-1. The Morgan fingerprint density at radius 3 is 2.35 bits per heavy atom. The van der Waals surface area contributed by atoms with Gasteiger partial charge in [0.1, 0.15) is 0 Å². The molecule has 0 unspecified atom stereocenters. The lowest BCUT2D eigenvalue weighted by Crippen LogP contribution is -3.00. The van der Waals surface area contributed by atoms with Crippen LogP contribution in [0.5, 0.6) is 0 Å². The van der Waals surface area contributed by atoms with Gasteiger partial charge in [0.15, 0.2) is 18.4 Å². The van der Waals surface area contributed by atoms with Gasteiger partial charge in [0.25, 0.3) is 0 Å². The quantitative estimate of drug-likeness (QED) is 0.695. The van der Waals surface area contributed by atoms with E-state index in [1.807, 2.05) is 0 Å². The molecule has 0 N–H and O–H groups in total. The molecule has 1 fully saturated rings. The fourth-order valence-corrected chi connectivity index (χ4v) is 2.16. The first-order chi connectivity index (χ1) is 7.93. The summed E-state index contributed by atoms with van der Waals surface area (Å²) in [6, 6.07) is 17.2. The molecule has 0 atom stereocenters. The topological polar surface area (TPSA) is 3.88 Å². The Balaban J connectivity index is 0.00000108. The molecule has 0 spiro atoms. The van der Waals surface area contributed by atoms with Gasteiger partial charge in [-0.3, -0.25) is 0 Å². The van der Waals surface area contributed by atoms with E-state index >= 15 is 0 Å². The third-order valence-electron chi connectivity index (χ3n) is 3.17. The molecule has 0 amide bonds. The van der Waals surface area contributed by atoms with Crippen LogP contribution in [0.25, 0.3) is 0 Å². The van der Waals surface area contributed by atoms with Crippen molar-refractivity contribution in [2.45, 2.75) is 25.3 Å². The predicted molar refractivity (Wildman–Crippen MR) is 64.2 cm³/mol. The molecule has 1 aliphatic rings. The number of rotatable bonds is 3. The molecule has 1 aromatic carbocycles. The highest BCUT2D eigenvalue weighted by Crippen LogP contribution is 2.38. The van der Waals surface area contributed by atoms with Crippen LogP contribution in [0.4, 0.5) is 0 Å².